The number of rotatable bonds is 3. The highest BCUT2D eigenvalue weighted by Gasteiger charge is 2.17. The number of carbonyl (C=O) groups excluding carboxylic acids is 1. The van der Waals surface area contributed by atoms with Crippen LogP contribution in [0.3, 0.4) is 0 Å². The summed E-state index contributed by atoms with van der Waals surface area (Å²) >= 11 is 5.85. The van der Waals surface area contributed by atoms with Crippen molar-refractivity contribution in [1.82, 2.24) is 14.8 Å². The lowest BCUT2D eigenvalue weighted by atomic mass is 10.1. The number of hydrogen-bond acceptors (Lipinski definition) is 3. The Morgan fingerprint density at radius 2 is 1.79 bits per heavy atom. The predicted octanol–water partition coefficient (Wildman–Crippen LogP) is 4.86. The van der Waals surface area contributed by atoms with Gasteiger partial charge >= 0.3 is 0 Å². The molecule has 1 amide bonds. The van der Waals surface area contributed by atoms with Crippen LogP contribution in [0.4, 0.5) is 14.5 Å². The van der Waals surface area contributed by atoms with Gasteiger partial charge in [0.15, 0.2) is 17.5 Å². The lowest BCUT2D eigenvalue weighted by molar-refractivity contribution is 0.102. The van der Waals surface area contributed by atoms with Gasteiger partial charge in [-0.1, -0.05) is 18.0 Å². The van der Waals surface area contributed by atoms with E-state index in [1.165, 1.54) is 6.42 Å². The number of fused-ring (bicyclic) bond motifs is 1. The first-order chi connectivity index (χ1) is 13.5. The average molecular weight is 403 g/mol. The molecule has 1 aliphatic rings. The number of halogens is 3. The minimum atomic E-state index is -1.13. The van der Waals surface area contributed by atoms with Gasteiger partial charge in [0.1, 0.15) is 5.82 Å². The van der Waals surface area contributed by atoms with E-state index in [1.54, 1.807) is 12.1 Å². The van der Waals surface area contributed by atoms with Gasteiger partial charge in [-0.2, -0.15) is 0 Å². The monoisotopic (exact) mass is 402 g/mol. The van der Waals surface area contributed by atoms with Crippen molar-refractivity contribution in [2.75, 3.05) is 5.32 Å². The zero-order valence-electron chi connectivity index (χ0n) is 14.9. The van der Waals surface area contributed by atoms with Gasteiger partial charge in [-0.05, 0) is 49.2 Å². The third kappa shape index (κ3) is 3.62. The van der Waals surface area contributed by atoms with Gasteiger partial charge in [-0.25, -0.2) is 8.78 Å². The molecule has 0 saturated heterocycles. The second-order valence-electron chi connectivity index (χ2n) is 6.68. The minimum Gasteiger partial charge on any atom is -0.322 e. The summed E-state index contributed by atoms with van der Waals surface area (Å²) in [5.74, 6) is -1.04. The molecule has 2 aromatic carbocycles. The van der Waals surface area contributed by atoms with Crippen LogP contribution in [-0.4, -0.2) is 20.7 Å². The van der Waals surface area contributed by atoms with E-state index in [0.717, 1.165) is 55.2 Å². The van der Waals surface area contributed by atoms with Gasteiger partial charge in [0.25, 0.3) is 5.91 Å². The third-order valence-corrected chi connectivity index (χ3v) is 5.08. The van der Waals surface area contributed by atoms with Crippen molar-refractivity contribution in [3.63, 3.8) is 0 Å². The quantitative estimate of drug-likeness (QED) is 0.637. The second-order valence-corrected chi connectivity index (χ2v) is 7.09. The zero-order chi connectivity index (χ0) is 19.7. The van der Waals surface area contributed by atoms with Crippen LogP contribution >= 0.6 is 11.6 Å². The lowest BCUT2D eigenvalue weighted by Gasteiger charge is -2.09. The molecule has 0 atom stereocenters. The largest absolute Gasteiger partial charge is 0.322 e. The molecule has 4 rings (SSSR count). The molecule has 144 valence electrons. The molecule has 5 nitrogen and oxygen atoms in total. The van der Waals surface area contributed by atoms with Gasteiger partial charge in [0, 0.05) is 24.2 Å². The number of benzene rings is 2. The number of carbonyl (C=O) groups is 1. The SMILES string of the molecule is O=C(Nc1ccc(-c2nnc3n2CCCCC3)cc1)c1cc(F)c(F)cc1Cl. The molecule has 0 aliphatic carbocycles. The summed E-state index contributed by atoms with van der Waals surface area (Å²) in [6, 6.07) is 8.69. The number of nitrogens with one attached hydrogen (secondary N) is 1. The molecule has 1 aliphatic heterocycles. The summed E-state index contributed by atoms with van der Waals surface area (Å²) in [6.45, 7) is 0.894. The molecule has 3 aromatic rings. The average Bonchev–Trinajstić information content (AvgIpc) is 2.93. The Morgan fingerprint density at radius 1 is 1.04 bits per heavy atom. The zero-order valence-corrected chi connectivity index (χ0v) is 15.6. The van der Waals surface area contributed by atoms with Gasteiger partial charge in [-0.15, -0.1) is 10.2 Å². The highest BCUT2D eigenvalue weighted by Crippen LogP contribution is 2.25. The first kappa shape index (κ1) is 18.6. The molecular weight excluding hydrogens is 386 g/mol. The Bertz CT molecular complexity index is 1030. The Balaban J connectivity index is 1.54. The molecule has 0 unspecified atom stereocenters. The summed E-state index contributed by atoms with van der Waals surface area (Å²) in [7, 11) is 0. The maximum atomic E-state index is 13.4. The van der Waals surface area contributed by atoms with Crippen LogP contribution in [0, 0.1) is 11.6 Å². The van der Waals surface area contributed by atoms with Gasteiger partial charge < -0.3 is 9.88 Å². The first-order valence-corrected chi connectivity index (χ1v) is 9.39. The molecule has 0 fully saturated rings. The molecule has 28 heavy (non-hydrogen) atoms. The fraction of sp³-hybridized carbons (Fsp3) is 0.250. The van der Waals surface area contributed by atoms with E-state index >= 15 is 0 Å². The topological polar surface area (TPSA) is 59.8 Å². The number of anilines is 1. The van der Waals surface area contributed by atoms with E-state index in [2.05, 4.69) is 20.1 Å². The Kier molecular flexibility index (Phi) is 5.09. The number of aromatic nitrogens is 3. The van der Waals surface area contributed by atoms with Crippen molar-refractivity contribution in [2.45, 2.75) is 32.2 Å². The molecule has 8 heteroatoms. The third-order valence-electron chi connectivity index (χ3n) is 4.77. The van der Waals surface area contributed by atoms with Crippen molar-refractivity contribution in [1.29, 1.82) is 0 Å². The maximum absolute atomic E-state index is 13.4. The van der Waals surface area contributed by atoms with Crippen LogP contribution in [0.15, 0.2) is 36.4 Å². The summed E-state index contributed by atoms with van der Waals surface area (Å²) in [6.07, 6.45) is 4.33. The van der Waals surface area contributed by atoms with Crippen LogP contribution in [-0.2, 0) is 13.0 Å². The van der Waals surface area contributed by atoms with Gasteiger partial charge in [0.2, 0.25) is 0 Å². The molecule has 2 heterocycles. The number of amides is 1. The van der Waals surface area contributed by atoms with Crippen LogP contribution in [0.1, 0.15) is 35.4 Å². The van der Waals surface area contributed by atoms with Crippen molar-refractivity contribution < 1.29 is 13.6 Å². The van der Waals surface area contributed by atoms with Crippen LogP contribution < -0.4 is 5.32 Å². The molecule has 1 aromatic heterocycles. The van der Waals surface area contributed by atoms with Crippen molar-refractivity contribution in [3.8, 4) is 11.4 Å². The maximum Gasteiger partial charge on any atom is 0.257 e. The van der Waals surface area contributed by atoms with E-state index in [-0.39, 0.29) is 10.6 Å². The Hall–Kier alpha value is -2.80. The number of hydrogen-bond donors (Lipinski definition) is 1. The highest BCUT2D eigenvalue weighted by molar-refractivity contribution is 6.34. The summed E-state index contributed by atoms with van der Waals surface area (Å²) in [4.78, 5) is 12.3. The lowest BCUT2D eigenvalue weighted by Crippen LogP contribution is -2.13. The van der Waals surface area contributed by atoms with Crippen LogP contribution in [0.5, 0.6) is 0 Å². The number of nitrogens with zero attached hydrogens (tertiary/aromatic N) is 3. The van der Waals surface area contributed by atoms with Crippen LogP contribution in [0.25, 0.3) is 11.4 Å². The molecular formula is C20H17ClF2N4O. The van der Waals surface area contributed by atoms with E-state index in [4.69, 9.17) is 11.6 Å². The fourth-order valence-electron chi connectivity index (χ4n) is 3.30. The molecule has 1 N–H and O–H groups in total. The predicted molar refractivity (Wildman–Crippen MR) is 102 cm³/mol. The normalized spacial score (nSPS) is 13.7. The summed E-state index contributed by atoms with van der Waals surface area (Å²) in [5, 5.41) is 11.1. The molecule has 0 bridgehead atoms. The molecule has 0 radical (unpaired) electrons. The fourth-order valence-corrected chi connectivity index (χ4v) is 3.53. The summed E-state index contributed by atoms with van der Waals surface area (Å²) < 4.78 is 28.7. The van der Waals surface area contributed by atoms with E-state index < -0.39 is 17.5 Å². The Morgan fingerprint density at radius 3 is 2.57 bits per heavy atom. The van der Waals surface area contributed by atoms with Crippen molar-refractivity contribution in [3.05, 3.63) is 64.4 Å². The van der Waals surface area contributed by atoms with E-state index in [9.17, 15) is 13.6 Å². The second kappa shape index (κ2) is 7.67. The van der Waals surface area contributed by atoms with Gasteiger partial charge in [0.05, 0.1) is 10.6 Å². The smallest absolute Gasteiger partial charge is 0.257 e. The van der Waals surface area contributed by atoms with E-state index in [1.807, 2.05) is 12.1 Å². The van der Waals surface area contributed by atoms with Crippen molar-refractivity contribution >= 4 is 23.2 Å². The molecule has 0 saturated carbocycles. The van der Waals surface area contributed by atoms with E-state index in [0.29, 0.717) is 5.69 Å². The molecule has 0 spiro atoms. The standard InChI is InChI=1S/C20H17ClF2N4O/c21-15-11-17(23)16(22)10-14(15)20(28)24-13-7-5-12(6-8-13)19-26-25-18-4-2-1-3-9-27(18)19/h5-8,10-11H,1-4,9H2,(H,24,28). The highest BCUT2D eigenvalue weighted by atomic mass is 35.5. The van der Waals surface area contributed by atoms with Crippen molar-refractivity contribution in [2.24, 2.45) is 0 Å². The Labute approximate surface area is 165 Å². The summed E-state index contributed by atoms with van der Waals surface area (Å²) in [5.41, 5.74) is 1.27. The minimum absolute atomic E-state index is 0.132. The van der Waals surface area contributed by atoms with Crippen LogP contribution in [0.2, 0.25) is 5.02 Å². The first-order valence-electron chi connectivity index (χ1n) is 9.01. The number of aryl methyl sites for hydroxylation is 1. The van der Waals surface area contributed by atoms with Gasteiger partial charge in [-0.3, -0.25) is 4.79 Å².